The molecule has 2 N–H and O–H groups in total. The van der Waals surface area contributed by atoms with Crippen molar-refractivity contribution in [1.29, 1.82) is 0 Å². The Morgan fingerprint density at radius 2 is 1.70 bits per heavy atom. The number of amides is 2. The Morgan fingerprint density at radius 1 is 1.00 bits per heavy atom. The Hall–Kier alpha value is -2.31. The van der Waals surface area contributed by atoms with Gasteiger partial charge in [0.15, 0.2) is 5.76 Å². The highest BCUT2D eigenvalue weighted by Gasteiger charge is 2.14. The number of hydrogen-bond acceptors (Lipinski definition) is 3. The molecule has 0 atom stereocenters. The Labute approximate surface area is 144 Å². The minimum absolute atomic E-state index is 0.100. The van der Waals surface area contributed by atoms with Gasteiger partial charge in [0.25, 0.3) is 5.91 Å². The fourth-order valence-electron chi connectivity index (χ4n) is 1.99. The van der Waals surface area contributed by atoms with Crippen LogP contribution >= 0.6 is 27.5 Å². The number of benzene rings is 2. The van der Waals surface area contributed by atoms with Gasteiger partial charge < -0.3 is 4.42 Å². The highest BCUT2D eigenvalue weighted by molar-refractivity contribution is 9.10. The van der Waals surface area contributed by atoms with Gasteiger partial charge in [0.2, 0.25) is 0 Å². The maximum Gasteiger partial charge on any atom is 0.305 e. The summed E-state index contributed by atoms with van der Waals surface area (Å²) in [6, 6.07) is 13.4. The van der Waals surface area contributed by atoms with E-state index in [1.807, 2.05) is 18.2 Å². The Balaban J connectivity index is 1.69. The van der Waals surface area contributed by atoms with Crippen LogP contribution in [-0.2, 0) is 0 Å². The predicted molar refractivity (Wildman–Crippen MR) is 90.3 cm³/mol. The van der Waals surface area contributed by atoms with Crippen molar-refractivity contribution in [3.8, 4) is 0 Å². The first-order valence-electron chi connectivity index (χ1n) is 6.59. The van der Waals surface area contributed by atoms with Crippen molar-refractivity contribution >= 4 is 50.3 Å². The van der Waals surface area contributed by atoms with Crippen LogP contribution in [-0.4, -0.2) is 11.8 Å². The first-order valence-corrected chi connectivity index (χ1v) is 7.76. The van der Waals surface area contributed by atoms with Gasteiger partial charge in [-0.05, 0) is 52.3 Å². The summed E-state index contributed by atoms with van der Waals surface area (Å²) in [4.78, 5) is 24.0. The van der Waals surface area contributed by atoms with Crippen molar-refractivity contribution in [2.24, 2.45) is 0 Å². The third-order valence-electron chi connectivity index (χ3n) is 3.12. The lowest BCUT2D eigenvalue weighted by molar-refractivity contribution is 0.0832. The van der Waals surface area contributed by atoms with E-state index in [1.165, 1.54) is 0 Å². The van der Waals surface area contributed by atoms with Crippen LogP contribution in [0.4, 0.5) is 0 Å². The van der Waals surface area contributed by atoms with Gasteiger partial charge in [0, 0.05) is 16.0 Å². The van der Waals surface area contributed by atoms with Gasteiger partial charge in [-0.15, -0.1) is 0 Å². The van der Waals surface area contributed by atoms with E-state index in [0.29, 0.717) is 16.2 Å². The zero-order valence-corrected chi connectivity index (χ0v) is 13.9. The Bertz CT molecular complexity index is 890. The SMILES string of the molecule is O=C(NNC(=O)c1cc2cccc(Br)c2o1)c1ccc(Cl)cc1. The molecule has 1 aromatic heterocycles. The molecule has 0 radical (unpaired) electrons. The summed E-state index contributed by atoms with van der Waals surface area (Å²) in [7, 11) is 0. The topological polar surface area (TPSA) is 71.3 Å². The molecule has 0 unspecified atom stereocenters. The molecule has 0 saturated carbocycles. The summed E-state index contributed by atoms with van der Waals surface area (Å²) in [6.07, 6.45) is 0. The molecule has 0 aliphatic carbocycles. The summed E-state index contributed by atoms with van der Waals surface area (Å²) in [5.74, 6) is -0.897. The molecule has 0 fully saturated rings. The van der Waals surface area contributed by atoms with Crippen LogP contribution in [0, 0.1) is 0 Å². The van der Waals surface area contributed by atoms with Crippen LogP contribution in [0.25, 0.3) is 11.0 Å². The third kappa shape index (κ3) is 3.38. The van der Waals surface area contributed by atoms with E-state index >= 15 is 0 Å². The highest BCUT2D eigenvalue weighted by atomic mass is 79.9. The summed E-state index contributed by atoms with van der Waals surface area (Å²) >= 11 is 9.11. The molecule has 1 heterocycles. The second-order valence-electron chi connectivity index (χ2n) is 4.68. The second-order valence-corrected chi connectivity index (χ2v) is 5.97. The molecule has 3 aromatic rings. The van der Waals surface area contributed by atoms with Gasteiger partial charge >= 0.3 is 5.91 Å². The van der Waals surface area contributed by atoms with Crippen LogP contribution < -0.4 is 10.9 Å². The van der Waals surface area contributed by atoms with Gasteiger partial charge in [0.1, 0.15) is 5.58 Å². The number of halogens is 2. The molecule has 2 amide bonds. The maximum atomic E-state index is 12.1. The van der Waals surface area contributed by atoms with Crippen LogP contribution in [0.5, 0.6) is 0 Å². The van der Waals surface area contributed by atoms with E-state index < -0.39 is 11.8 Å². The molecule has 0 spiro atoms. The lowest BCUT2D eigenvalue weighted by atomic mass is 10.2. The lowest BCUT2D eigenvalue weighted by Gasteiger charge is -2.05. The third-order valence-corrected chi connectivity index (χ3v) is 3.99. The van der Waals surface area contributed by atoms with Crippen molar-refractivity contribution < 1.29 is 14.0 Å². The summed E-state index contributed by atoms with van der Waals surface area (Å²) in [5, 5.41) is 1.31. The molecule has 3 rings (SSSR count). The molecule has 7 heteroatoms. The molecule has 0 aliphatic heterocycles. The van der Waals surface area contributed by atoms with E-state index in [4.69, 9.17) is 16.0 Å². The van der Waals surface area contributed by atoms with E-state index in [9.17, 15) is 9.59 Å². The maximum absolute atomic E-state index is 12.1. The normalized spacial score (nSPS) is 10.5. The van der Waals surface area contributed by atoms with Crippen LogP contribution in [0.2, 0.25) is 5.02 Å². The Morgan fingerprint density at radius 3 is 2.39 bits per heavy atom. The largest absolute Gasteiger partial charge is 0.450 e. The smallest absolute Gasteiger partial charge is 0.305 e. The van der Waals surface area contributed by atoms with Crippen molar-refractivity contribution in [1.82, 2.24) is 10.9 Å². The zero-order chi connectivity index (χ0) is 16.4. The first-order chi connectivity index (χ1) is 11.0. The molecule has 2 aromatic carbocycles. The van der Waals surface area contributed by atoms with Gasteiger partial charge in [-0.2, -0.15) is 0 Å². The fourth-order valence-corrected chi connectivity index (χ4v) is 2.58. The van der Waals surface area contributed by atoms with E-state index in [-0.39, 0.29) is 5.76 Å². The molecular formula is C16H10BrClN2O3. The van der Waals surface area contributed by atoms with E-state index in [2.05, 4.69) is 26.8 Å². The molecule has 0 aliphatic rings. The van der Waals surface area contributed by atoms with Crippen molar-refractivity contribution in [3.05, 3.63) is 69.3 Å². The first kappa shape index (κ1) is 15.6. The molecule has 116 valence electrons. The van der Waals surface area contributed by atoms with Gasteiger partial charge in [-0.3, -0.25) is 20.4 Å². The van der Waals surface area contributed by atoms with Crippen molar-refractivity contribution in [3.63, 3.8) is 0 Å². The summed E-state index contributed by atoms with van der Waals surface area (Å²) in [5.41, 5.74) is 5.58. The number of rotatable bonds is 2. The number of fused-ring (bicyclic) bond motifs is 1. The van der Waals surface area contributed by atoms with Gasteiger partial charge in [-0.25, -0.2) is 0 Å². The fraction of sp³-hybridized carbons (Fsp3) is 0. The van der Waals surface area contributed by atoms with Gasteiger partial charge in [-0.1, -0.05) is 23.7 Å². The van der Waals surface area contributed by atoms with Crippen molar-refractivity contribution in [2.75, 3.05) is 0 Å². The van der Waals surface area contributed by atoms with Crippen LogP contribution in [0.15, 0.2) is 57.4 Å². The summed E-state index contributed by atoms with van der Waals surface area (Å²) < 4.78 is 6.24. The van der Waals surface area contributed by atoms with Crippen molar-refractivity contribution in [2.45, 2.75) is 0 Å². The van der Waals surface area contributed by atoms with Gasteiger partial charge in [0.05, 0.1) is 4.47 Å². The number of hydrogen-bond donors (Lipinski definition) is 2. The van der Waals surface area contributed by atoms with Crippen LogP contribution in [0.3, 0.4) is 0 Å². The minimum Gasteiger partial charge on any atom is -0.450 e. The average Bonchev–Trinajstić information content (AvgIpc) is 2.99. The monoisotopic (exact) mass is 392 g/mol. The molecule has 0 saturated heterocycles. The molecule has 23 heavy (non-hydrogen) atoms. The standard InChI is InChI=1S/C16H10BrClN2O3/c17-12-3-1-2-10-8-13(23-14(10)12)16(22)20-19-15(21)9-4-6-11(18)7-5-9/h1-8H,(H,19,21)(H,20,22). The quantitative estimate of drug-likeness (QED) is 0.648. The number of carbonyl (C=O) groups is 2. The average molecular weight is 394 g/mol. The van der Waals surface area contributed by atoms with E-state index in [0.717, 1.165) is 9.86 Å². The molecular weight excluding hydrogens is 384 g/mol. The lowest BCUT2D eigenvalue weighted by Crippen LogP contribution is -2.41. The predicted octanol–water partition coefficient (Wildman–Crippen LogP) is 3.92. The zero-order valence-electron chi connectivity index (χ0n) is 11.6. The number of para-hydroxylation sites is 1. The number of nitrogens with one attached hydrogen (secondary N) is 2. The minimum atomic E-state index is -0.546. The Kier molecular flexibility index (Phi) is 4.36. The molecule has 5 nitrogen and oxygen atoms in total. The number of carbonyl (C=O) groups excluding carboxylic acids is 2. The number of hydrazine groups is 1. The summed E-state index contributed by atoms with van der Waals surface area (Å²) in [6.45, 7) is 0. The second kappa shape index (κ2) is 6.44. The molecule has 0 bridgehead atoms. The highest BCUT2D eigenvalue weighted by Crippen LogP contribution is 2.26. The van der Waals surface area contributed by atoms with Crippen LogP contribution in [0.1, 0.15) is 20.9 Å². The van der Waals surface area contributed by atoms with E-state index in [1.54, 1.807) is 30.3 Å². The number of furan rings is 1.